The van der Waals surface area contributed by atoms with Crippen molar-refractivity contribution in [2.45, 2.75) is 18.1 Å². The standard InChI is InChI=1S/C11H29NO6Si2/c1-12(2)11(20(16-6,17-7)18-8)9-10-19(13-3,14-4)15-5/h11H,9-10H2,1-8H3. The summed E-state index contributed by atoms with van der Waals surface area (Å²) in [4.78, 5) is 2.04. The summed E-state index contributed by atoms with van der Waals surface area (Å²) in [5.41, 5.74) is -0.00479. The average molecular weight is 328 g/mol. The highest BCUT2D eigenvalue weighted by Crippen LogP contribution is 2.24. The molecule has 0 aromatic rings. The summed E-state index contributed by atoms with van der Waals surface area (Å²) in [6, 6.07) is 0.657. The molecule has 1 unspecified atom stereocenters. The van der Waals surface area contributed by atoms with Crippen molar-refractivity contribution in [3.63, 3.8) is 0 Å². The Morgan fingerprint density at radius 2 is 1.15 bits per heavy atom. The second-order valence-corrected chi connectivity index (χ2v) is 10.7. The molecular weight excluding hydrogens is 298 g/mol. The van der Waals surface area contributed by atoms with E-state index in [9.17, 15) is 0 Å². The van der Waals surface area contributed by atoms with E-state index in [-0.39, 0.29) is 5.67 Å². The third kappa shape index (κ3) is 4.58. The van der Waals surface area contributed by atoms with Gasteiger partial charge in [0.25, 0.3) is 0 Å². The molecule has 0 N–H and O–H groups in total. The van der Waals surface area contributed by atoms with E-state index < -0.39 is 17.6 Å². The lowest BCUT2D eigenvalue weighted by atomic mass is 10.4. The number of nitrogens with zero attached hydrogens (tertiary/aromatic N) is 1. The largest absolute Gasteiger partial charge is 0.518 e. The van der Waals surface area contributed by atoms with Crippen LogP contribution < -0.4 is 0 Å². The molecule has 0 saturated heterocycles. The Kier molecular flexibility index (Phi) is 9.30. The maximum absolute atomic E-state index is 5.57. The molecule has 0 spiro atoms. The molecule has 9 heteroatoms. The first-order chi connectivity index (χ1) is 9.40. The van der Waals surface area contributed by atoms with Gasteiger partial charge < -0.3 is 31.5 Å². The molecule has 0 rings (SSSR count). The lowest BCUT2D eigenvalue weighted by molar-refractivity contribution is 0.0820. The van der Waals surface area contributed by atoms with E-state index in [0.29, 0.717) is 6.04 Å². The molecule has 0 aromatic carbocycles. The summed E-state index contributed by atoms with van der Waals surface area (Å²) in [6.07, 6.45) is 0.733. The van der Waals surface area contributed by atoms with Crippen molar-refractivity contribution < 1.29 is 26.6 Å². The minimum atomic E-state index is -2.77. The SMILES string of the molecule is CO[Si](CCC(N(C)C)[Si](OC)(OC)OC)(OC)OC. The summed E-state index contributed by atoms with van der Waals surface area (Å²) < 4.78 is 33.1. The van der Waals surface area contributed by atoms with Gasteiger partial charge in [-0.15, -0.1) is 0 Å². The zero-order chi connectivity index (χ0) is 15.8. The summed E-state index contributed by atoms with van der Waals surface area (Å²) in [5.74, 6) is 0. The van der Waals surface area contributed by atoms with Crippen LogP contribution in [0.2, 0.25) is 6.04 Å². The second-order valence-electron chi connectivity index (χ2n) is 4.53. The molecule has 122 valence electrons. The van der Waals surface area contributed by atoms with Crippen LogP contribution in [0, 0.1) is 0 Å². The van der Waals surface area contributed by atoms with Gasteiger partial charge in [-0.3, -0.25) is 0 Å². The fourth-order valence-electron chi connectivity index (χ4n) is 2.28. The van der Waals surface area contributed by atoms with Crippen LogP contribution in [0.15, 0.2) is 0 Å². The van der Waals surface area contributed by atoms with E-state index in [1.165, 1.54) is 0 Å². The van der Waals surface area contributed by atoms with Gasteiger partial charge in [0, 0.05) is 48.7 Å². The van der Waals surface area contributed by atoms with Crippen molar-refractivity contribution in [1.82, 2.24) is 4.90 Å². The monoisotopic (exact) mass is 327 g/mol. The zero-order valence-corrected chi connectivity index (χ0v) is 15.9. The van der Waals surface area contributed by atoms with Crippen LogP contribution in [0.3, 0.4) is 0 Å². The molecule has 20 heavy (non-hydrogen) atoms. The Balaban J connectivity index is 5.04. The van der Waals surface area contributed by atoms with Crippen LogP contribution in [-0.4, -0.2) is 84.9 Å². The Morgan fingerprint density at radius 3 is 1.40 bits per heavy atom. The maximum Gasteiger partial charge on any atom is 0.518 e. The van der Waals surface area contributed by atoms with Gasteiger partial charge in [0.05, 0.1) is 5.67 Å². The van der Waals surface area contributed by atoms with Crippen LogP contribution in [0.5, 0.6) is 0 Å². The molecule has 0 aromatic heterocycles. The topological polar surface area (TPSA) is 58.6 Å². The van der Waals surface area contributed by atoms with Crippen molar-refractivity contribution in [2.24, 2.45) is 0 Å². The zero-order valence-electron chi connectivity index (χ0n) is 13.9. The summed E-state index contributed by atoms with van der Waals surface area (Å²) in [6.45, 7) is 0. The molecule has 7 nitrogen and oxygen atoms in total. The van der Waals surface area contributed by atoms with Crippen molar-refractivity contribution in [1.29, 1.82) is 0 Å². The third-order valence-corrected chi connectivity index (χ3v) is 9.64. The van der Waals surface area contributed by atoms with Crippen molar-refractivity contribution in [3.8, 4) is 0 Å². The van der Waals surface area contributed by atoms with Crippen LogP contribution in [-0.2, 0) is 26.6 Å². The van der Waals surface area contributed by atoms with Crippen LogP contribution in [0.4, 0.5) is 0 Å². The van der Waals surface area contributed by atoms with Gasteiger partial charge in [-0.1, -0.05) is 0 Å². The van der Waals surface area contributed by atoms with Crippen LogP contribution >= 0.6 is 0 Å². The van der Waals surface area contributed by atoms with E-state index >= 15 is 0 Å². The molecule has 0 saturated carbocycles. The predicted molar refractivity (Wildman–Crippen MR) is 80.5 cm³/mol. The molecule has 1 atom stereocenters. The normalized spacial score (nSPS) is 14.8. The fourth-order valence-corrected chi connectivity index (χ4v) is 6.75. The molecule has 0 aliphatic rings. The van der Waals surface area contributed by atoms with E-state index in [2.05, 4.69) is 0 Å². The summed E-state index contributed by atoms with van der Waals surface area (Å²) in [5, 5.41) is 0. The number of hydrogen-bond acceptors (Lipinski definition) is 7. The van der Waals surface area contributed by atoms with Crippen molar-refractivity contribution >= 4 is 17.6 Å². The predicted octanol–water partition coefficient (Wildman–Crippen LogP) is 0.602. The fraction of sp³-hybridized carbons (Fsp3) is 1.00. The molecule has 0 bridgehead atoms. The Hall–Kier alpha value is 0.154. The van der Waals surface area contributed by atoms with Crippen LogP contribution in [0.1, 0.15) is 6.42 Å². The first-order valence-corrected chi connectivity index (χ1v) is 10.1. The Bertz CT molecular complexity index is 245. The lowest BCUT2D eigenvalue weighted by Crippen LogP contribution is -2.60. The molecular formula is C11H29NO6Si2. The number of rotatable bonds is 11. The molecule has 0 amide bonds. The van der Waals surface area contributed by atoms with E-state index in [4.69, 9.17) is 26.6 Å². The number of hydrogen-bond donors (Lipinski definition) is 0. The highest BCUT2D eigenvalue weighted by atomic mass is 28.4. The first-order valence-electron chi connectivity index (χ1n) is 6.38. The summed E-state index contributed by atoms with van der Waals surface area (Å²) >= 11 is 0. The molecule has 0 aliphatic carbocycles. The van der Waals surface area contributed by atoms with Gasteiger partial charge in [-0.2, -0.15) is 0 Å². The smallest absolute Gasteiger partial charge is 0.377 e. The molecule has 0 aliphatic heterocycles. The third-order valence-electron chi connectivity index (χ3n) is 3.54. The second kappa shape index (κ2) is 9.23. The average Bonchev–Trinajstić information content (AvgIpc) is 2.48. The van der Waals surface area contributed by atoms with Gasteiger partial charge in [-0.05, 0) is 20.5 Å². The van der Waals surface area contributed by atoms with E-state index in [1.54, 1.807) is 42.7 Å². The van der Waals surface area contributed by atoms with Gasteiger partial charge in [-0.25, -0.2) is 0 Å². The van der Waals surface area contributed by atoms with Crippen molar-refractivity contribution in [2.75, 3.05) is 56.8 Å². The Labute approximate surface area is 124 Å². The van der Waals surface area contributed by atoms with Crippen molar-refractivity contribution in [3.05, 3.63) is 0 Å². The minimum Gasteiger partial charge on any atom is -0.377 e. The molecule has 0 radical (unpaired) electrons. The lowest BCUT2D eigenvalue weighted by Gasteiger charge is -2.37. The van der Waals surface area contributed by atoms with Crippen LogP contribution in [0.25, 0.3) is 0 Å². The van der Waals surface area contributed by atoms with Gasteiger partial charge in [0.1, 0.15) is 0 Å². The van der Waals surface area contributed by atoms with E-state index in [0.717, 1.165) is 6.42 Å². The van der Waals surface area contributed by atoms with Gasteiger partial charge >= 0.3 is 17.6 Å². The van der Waals surface area contributed by atoms with Gasteiger partial charge in [0.15, 0.2) is 0 Å². The molecule has 0 fully saturated rings. The van der Waals surface area contributed by atoms with Gasteiger partial charge in [0.2, 0.25) is 0 Å². The minimum absolute atomic E-state index is 0.00479. The summed E-state index contributed by atoms with van der Waals surface area (Å²) in [7, 11) is 8.23. The maximum atomic E-state index is 5.57. The first kappa shape index (κ1) is 20.2. The quantitative estimate of drug-likeness (QED) is 0.515. The highest BCUT2D eigenvalue weighted by molar-refractivity contribution is 6.63. The Morgan fingerprint density at radius 1 is 0.750 bits per heavy atom. The highest BCUT2D eigenvalue weighted by Gasteiger charge is 2.50. The van der Waals surface area contributed by atoms with E-state index in [1.807, 2.05) is 19.0 Å². The molecule has 0 heterocycles.